The van der Waals surface area contributed by atoms with E-state index in [0.29, 0.717) is 23.6 Å². The molecule has 6 heteroatoms. The van der Waals surface area contributed by atoms with Crippen molar-refractivity contribution >= 4 is 5.91 Å². The summed E-state index contributed by atoms with van der Waals surface area (Å²) in [6, 6.07) is 15.5. The molecule has 3 aromatic rings. The van der Waals surface area contributed by atoms with Crippen LogP contribution in [0, 0.1) is 12.3 Å². The number of aromatic nitrogens is 2. The first-order valence-corrected chi connectivity index (χ1v) is 13.1. The Bertz CT molecular complexity index is 1240. The van der Waals surface area contributed by atoms with E-state index < -0.39 is 0 Å². The number of carbonyl (C=O) groups is 1. The van der Waals surface area contributed by atoms with Gasteiger partial charge in [-0.25, -0.2) is 0 Å². The zero-order chi connectivity index (χ0) is 24.7. The van der Waals surface area contributed by atoms with Gasteiger partial charge in [0.25, 0.3) is 0 Å². The van der Waals surface area contributed by atoms with Crippen molar-refractivity contribution < 1.29 is 9.53 Å². The predicted molar refractivity (Wildman–Crippen MR) is 140 cm³/mol. The summed E-state index contributed by atoms with van der Waals surface area (Å²) in [6.45, 7) is 6.10. The van der Waals surface area contributed by atoms with Crippen LogP contribution in [0.1, 0.15) is 47.7 Å². The third-order valence-electron chi connectivity index (χ3n) is 8.46. The number of pyridine rings is 2. The molecule has 0 radical (unpaired) electrons. The van der Waals surface area contributed by atoms with Crippen molar-refractivity contribution in [1.82, 2.24) is 19.8 Å². The Morgan fingerprint density at radius 1 is 1.06 bits per heavy atom. The third-order valence-corrected chi connectivity index (χ3v) is 8.46. The minimum Gasteiger partial charge on any atom is -0.495 e. The summed E-state index contributed by atoms with van der Waals surface area (Å²) in [5.41, 5.74) is 7.63. The van der Waals surface area contributed by atoms with Gasteiger partial charge in [0, 0.05) is 49.7 Å². The molecule has 2 aromatic heterocycles. The van der Waals surface area contributed by atoms with E-state index in [1.807, 2.05) is 23.2 Å². The van der Waals surface area contributed by atoms with E-state index >= 15 is 0 Å². The van der Waals surface area contributed by atoms with Crippen LogP contribution in [-0.2, 0) is 17.6 Å². The van der Waals surface area contributed by atoms with E-state index in [0.717, 1.165) is 56.8 Å². The number of benzene rings is 1. The quantitative estimate of drug-likeness (QED) is 0.531. The second-order valence-electron chi connectivity index (χ2n) is 10.8. The highest BCUT2D eigenvalue weighted by Crippen LogP contribution is 2.48. The van der Waals surface area contributed by atoms with Gasteiger partial charge in [-0.3, -0.25) is 19.7 Å². The Labute approximate surface area is 213 Å². The highest BCUT2D eigenvalue weighted by atomic mass is 16.5. The minimum atomic E-state index is 0.183. The second-order valence-corrected chi connectivity index (χ2v) is 10.8. The molecule has 1 aromatic carbocycles. The molecule has 6 rings (SSSR count). The molecule has 0 saturated carbocycles. The van der Waals surface area contributed by atoms with Crippen LogP contribution in [0.5, 0.6) is 5.75 Å². The topological polar surface area (TPSA) is 58.6 Å². The molecular formula is C30H34N4O2. The lowest BCUT2D eigenvalue weighted by atomic mass is 9.71. The number of rotatable bonds is 5. The SMILES string of the molecule is COc1ccc(CC(=O)N2CCC3(CC2)CN(C2CCc4cc(-c5ccc(C)cn5)ccc42)C3)nc1. The van der Waals surface area contributed by atoms with E-state index in [1.54, 1.807) is 13.3 Å². The lowest BCUT2D eigenvalue weighted by molar-refractivity contribution is -0.136. The minimum absolute atomic E-state index is 0.183. The van der Waals surface area contributed by atoms with Crippen LogP contribution in [0.25, 0.3) is 11.3 Å². The van der Waals surface area contributed by atoms with Crippen LogP contribution < -0.4 is 4.74 Å². The van der Waals surface area contributed by atoms with Gasteiger partial charge in [0.1, 0.15) is 5.75 Å². The Morgan fingerprint density at radius 2 is 1.89 bits per heavy atom. The molecule has 1 atom stereocenters. The zero-order valence-electron chi connectivity index (χ0n) is 21.2. The molecule has 4 heterocycles. The normalized spacial score (nSPS) is 20.7. The number of nitrogens with zero attached hydrogens (tertiary/aromatic N) is 4. The fraction of sp³-hybridized carbons (Fsp3) is 0.433. The van der Waals surface area contributed by atoms with Crippen molar-refractivity contribution in [1.29, 1.82) is 0 Å². The van der Waals surface area contributed by atoms with Gasteiger partial charge in [-0.2, -0.15) is 0 Å². The molecule has 1 amide bonds. The molecule has 36 heavy (non-hydrogen) atoms. The highest BCUT2D eigenvalue weighted by molar-refractivity contribution is 5.78. The number of ether oxygens (including phenoxy) is 1. The summed E-state index contributed by atoms with van der Waals surface area (Å²) < 4.78 is 5.16. The van der Waals surface area contributed by atoms with Gasteiger partial charge in [-0.05, 0) is 79.0 Å². The summed E-state index contributed by atoms with van der Waals surface area (Å²) >= 11 is 0. The van der Waals surface area contributed by atoms with Gasteiger partial charge in [-0.1, -0.05) is 18.2 Å². The van der Waals surface area contributed by atoms with E-state index in [1.165, 1.54) is 28.7 Å². The lowest BCUT2D eigenvalue weighted by Gasteiger charge is -2.56. The van der Waals surface area contributed by atoms with E-state index in [9.17, 15) is 4.79 Å². The van der Waals surface area contributed by atoms with Crippen LogP contribution in [0.4, 0.5) is 0 Å². The smallest absolute Gasteiger partial charge is 0.228 e. The Morgan fingerprint density at radius 3 is 2.58 bits per heavy atom. The van der Waals surface area contributed by atoms with Crippen LogP contribution in [0.3, 0.4) is 0 Å². The number of fused-ring (bicyclic) bond motifs is 1. The molecule has 2 aliphatic heterocycles. The summed E-state index contributed by atoms with van der Waals surface area (Å²) in [6.07, 6.45) is 8.53. The van der Waals surface area contributed by atoms with Crippen LogP contribution in [0.15, 0.2) is 54.9 Å². The number of carbonyl (C=O) groups excluding carboxylic acids is 1. The number of hydrogen-bond donors (Lipinski definition) is 0. The standard InChI is InChI=1S/C30H34N4O2/c1-21-3-9-27(32-17-21)23-4-8-26-22(15-23)5-10-28(26)34-19-30(20-34)11-13-33(14-12-30)29(35)16-24-6-7-25(36-2)18-31-24/h3-4,6-9,15,17-18,28H,5,10-14,16,19-20H2,1-2H3. The average molecular weight is 483 g/mol. The summed E-state index contributed by atoms with van der Waals surface area (Å²) in [5, 5.41) is 0. The molecule has 0 N–H and O–H groups in total. The first-order valence-electron chi connectivity index (χ1n) is 13.1. The van der Waals surface area contributed by atoms with Gasteiger partial charge in [0.2, 0.25) is 5.91 Å². The van der Waals surface area contributed by atoms with Crippen molar-refractivity contribution in [2.45, 2.75) is 45.1 Å². The summed E-state index contributed by atoms with van der Waals surface area (Å²) in [5.74, 6) is 0.900. The fourth-order valence-corrected chi connectivity index (χ4v) is 6.26. The van der Waals surface area contributed by atoms with Crippen molar-refractivity contribution in [2.75, 3.05) is 33.3 Å². The van der Waals surface area contributed by atoms with Gasteiger partial charge >= 0.3 is 0 Å². The number of hydrogen-bond acceptors (Lipinski definition) is 5. The number of amides is 1. The largest absolute Gasteiger partial charge is 0.495 e. The number of likely N-dealkylation sites (tertiary alicyclic amines) is 2. The molecule has 1 unspecified atom stereocenters. The molecule has 3 aliphatic rings. The first kappa shape index (κ1) is 23.2. The molecule has 1 aliphatic carbocycles. The molecular weight excluding hydrogens is 448 g/mol. The third kappa shape index (κ3) is 4.39. The average Bonchev–Trinajstić information content (AvgIpc) is 3.31. The lowest BCUT2D eigenvalue weighted by Crippen LogP contribution is -2.61. The second kappa shape index (κ2) is 9.32. The maximum Gasteiger partial charge on any atom is 0.228 e. The van der Waals surface area contributed by atoms with E-state index in [-0.39, 0.29) is 5.91 Å². The number of methoxy groups -OCH3 is 1. The van der Waals surface area contributed by atoms with E-state index in [4.69, 9.17) is 4.74 Å². The van der Waals surface area contributed by atoms with E-state index in [2.05, 4.69) is 52.1 Å². The summed E-state index contributed by atoms with van der Waals surface area (Å²) in [7, 11) is 1.62. The predicted octanol–water partition coefficient (Wildman–Crippen LogP) is 4.62. The molecule has 2 saturated heterocycles. The fourth-order valence-electron chi connectivity index (χ4n) is 6.26. The molecule has 2 fully saturated rings. The Balaban J connectivity index is 1.03. The van der Waals surface area contributed by atoms with Crippen molar-refractivity contribution in [2.24, 2.45) is 5.41 Å². The first-order chi connectivity index (χ1) is 17.5. The molecule has 0 bridgehead atoms. The zero-order valence-corrected chi connectivity index (χ0v) is 21.2. The van der Waals surface area contributed by atoms with Crippen LogP contribution in [0.2, 0.25) is 0 Å². The van der Waals surface area contributed by atoms with Gasteiger partial charge < -0.3 is 9.64 Å². The van der Waals surface area contributed by atoms with Gasteiger partial charge in [0.05, 0.1) is 25.4 Å². The highest BCUT2D eigenvalue weighted by Gasteiger charge is 2.48. The van der Waals surface area contributed by atoms with Crippen molar-refractivity contribution in [3.8, 4) is 17.0 Å². The molecule has 6 nitrogen and oxygen atoms in total. The van der Waals surface area contributed by atoms with Gasteiger partial charge in [-0.15, -0.1) is 0 Å². The van der Waals surface area contributed by atoms with Crippen molar-refractivity contribution in [3.63, 3.8) is 0 Å². The monoisotopic (exact) mass is 482 g/mol. The summed E-state index contributed by atoms with van der Waals surface area (Å²) in [4.78, 5) is 26.5. The molecule has 1 spiro atoms. The maximum atomic E-state index is 12.8. The Kier molecular flexibility index (Phi) is 6.00. The van der Waals surface area contributed by atoms with Crippen LogP contribution >= 0.6 is 0 Å². The van der Waals surface area contributed by atoms with Crippen LogP contribution in [-0.4, -0.2) is 59.0 Å². The Hall–Kier alpha value is -3.25. The van der Waals surface area contributed by atoms with Crippen molar-refractivity contribution in [3.05, 3.63) is 77.2 Å². The number of piperidine rings is 1. The van der Waals surface area contributed by atoms with Gasteiger partial charge in [0.15, 0.2) is 0 Å². The maximum absolute atomic E-state index is 12.8. The molecule has 186 valence electrons. The number of aryl methyl sites for hydroxylation is 2.